The van der Waals surface area contributed by atoms with Gasteiger partial charge in [0.1, 0.15) is 6.23 Å². The van der Waals surface area contributed by atoms with Crippen LogP contribution < -0.4 is 5.32 Å². The molecule has 1 aliphatic rings. The van der Waals surface area contributed by atoms with E-state index in [0.29, 0.717) is 6.42 Å². The fraction of sp³-hybridized carbons (Fsp3) is 0.571. The molecule has 1 atom stereocenters. The minimum Gasteiger partial charge on any atom is -0.378 e. The minimum atomic E-state index is -0.414. The number of nitrogens with one attached hydrogen (secondary N) is 2. The lowest BCUT2D eigenvalue weighted by atomic mass is 10.1. The fourth-order valence-corrected chi connectivity index (χ4v) is 1.39. The summed E-state index contributed by atoms with van der Waals surface area (Å²) in [6.45, 7) is 2.69. The van der Waals surface area contributed by atoms with E-state index in [2.05, 4.69) is 15.5 Å². The van der Waals surface area contributed by atoms with Crippen LogP contribution in [0.15, 0.2) is 0 Å². The van der Waals surface area contributed by atoms with Crippen LogP contribution in [0.4, 0.5) is 0 Å². The summed E-state index contributed by atoms with van der Waals surface area (Å²) in [5, 5.41) is 19.1. The Morgan fingerprint density at radius 1 is 1.64 bits per heavy atom. The first-order valence-corrected chi connectivity index (χ1v) is 3.71. The molecule has 2 heterocycles. The van der Waals surface area contributed by atoms with E-state index in [-0.39, 0.29) is 0 Å². The van der Waals surface area contributed by atoms with Gasteiger partial charge in [0.05, 0.1) is 5.69 Å². The fourth-order valence-electron chi connectivity index (χ4n) is 1.39. The first-order valence-electron chi connectivity index (χ1n) is 3.71. The SMILES string of the molecule is Cc1n[nH]c2c1CNC(O)C2. The van der Waals surface area contributed by atoms with Crippen molar-refractivity contribution in [2.45, 2.75) is 26.1 Å². The molecule has 0 aromatic carbocycles. The summed E-state index contributed by atoms with van der Waals surface area (Å²) >= 11 is 0. The van der Waals surface area contributed by atoms with Crippen LogP contribution in [0, 0.1) is 6.92 Å². The van der Waals surface area contributed by atoms with Gasteiger partial charge in [0.2, 0.25) is 0 Å². The van der Waals surface area contributed by atoms with Crippen molar-refractivity contribution in [3.8, 4) is 0 Å². The van der Waals surface area contributed by atoms with Crippen LogP contribution in [0.3, 0.4) is 0 Å². The summed E-state index contributed by atoms with van der Waals surface area (Å²) in [5.74, 6) is 0. The van der Waals surface area contributed by atoms with E-state index >= 15 is 0 Å². The lowest BCUT2D eigenvalue weighted by molar-refractivity contribution is 0.127. The highest BCUT2D eigenvalue weighted by molar-refractivity contribution is 5.26. The molecule has 4 nitrogen and oxygen atoms in total. The summed E-state index contributed by atoms with van der Waals surface area (Å²) in [5.41, 5.74) is 3.29. The van der Waals surface area contributed by atoms with E-state index in [9.17, 15) is 5.11 Å². The summed E-state index contributed by atoms with van der Waals surface area (Å²) in [6.07, 6.45) is 0.221. The molecule has 0 amide bonds. The molecule has 0 fully saturated rings. The van der Waals surface area contributed by atoms with Gasteiger partial charge in [0.15, 0.2) is 0 Å². The third-order valence-electron chi connectivity index (χ3n) is 2.07. The van der Waals surface area contributed by atoms with Crippen LogP contribution in [0.25, 0.3) is 0 Å². The monoisotopic (exact) mass is 153 g/mol. The van der Waals surface area contributed by atoms with Crippen molar-refractivity contribution in [1.29, 1.82) is 0 Å². The molecule has 0 saturated carbocycles. The van der Waals surface area contributed by atoms with Gasteiger partial charge in [-0.3, -0.25) is 10.4 Å². The highest BCUT2D eigenvalue weighted by Crippen LogP contribution is 2.15. The van der Waals surface area contributed by atoms with Crippen molar-refractivity contribution in [1.82, 2.24) is 15.5 Å². The lowest BCUT2D eigenvalue weighted by Gasteiger charge is -2.18. The molecule has 0 saturated heterocycles. The number of aryl methyl sites for hydroxylation is 1. The Kier molecular flexibility index (Phi) is 1.44. The van der Waals surface area contributed by atoms with Crippen LogP contribution in [0.5, 0.6) is 0 Å². The van der Waals surface area contributed by atoms with Gasteiger partial charge in [-0.15, -0.1) is 0 Å². The van der Waals surface area contributed by atoms with E-state index < -0.39 is 6.23 Å². The first-order chi connectivity index (χ1) is 5.27. The van der Waals surface area contributed by atoms with Crippen molar-refractivity contribution >= 4 is 0 Å². The number of fused-ring (bicyclic) bond motifs is 1. The van der Waals surface area contributed by atoms with Gasteiger partial charge in [-0.05, 0) is 6.92 Å². The molecular formula is C7H11N3O. The van der Waals surface area contributed by atoms with Crippen molar-refractivity contribution in [3.63, 3.8) is 0 Å². The van der Waals surface area contributed by atoms with Crippen molar-refractivity contribution in [2.24, 2.45) is 0 Å². The maximum atomic E-state index is 9.21. The number of aliphatic hydroxyl groups excluding tert-OH is 1. The summed E-state index contributed by atoms with van der Waals surface area (Å²) < 4.78 is 0. The second-order valence-electron chi connectivity index (χ2n) is 2.87. The van der Waals surface area contributed by atoms with Gasteiger partial charge in [-0.1, -0.05) is 0 Å². The topological polar surface area (TPSA) is 60.9 Å². The molecule has 2 rings (SSSR count). The predicted octanol–water partition coefficient (Wildman–Crippen LogP) is -0.318. The Labute approximate surface area is 64.6 Å². The summed E-state index contributed by atoms with van der Waals surface area (Å²) in [4.78, 5) is 0. The van der Waals surface area contributed by atoms with Gasteiger partial charge in [0.25, 0.3) is 0 Å². The van der Waals surface area contributed by atoms with Gasteiger partial charge in [0, 0.05) is 24.2 Å². The third kappa shape index (κ3) is 1.04. The summed E-state index contributed by atoms with van der Waals surface area (Å²) in [6, 6.07) is 0. The van der Waals surface area contributed by atoms with E-state index in [4.69, 9.17) is 0 Å². The Hall–Kier alpha value is -0.870. The van der Waals surface area contributed by atoms with Crippen molar-refractivity contribution in [2.75, 3.05) is 0 Å². The third-order valence-corrected chi connectivity index (χ3v) is 2.07. The normalized spacial score (nSPS) is 23.3. The van der Waals surface area contributed by atoms with Gasteiger partial charge in [-0.2, -0.15) is 5.10 Å². The summed E-state index contributed by atoms with van der Waals surface area (Å²) in [7, 11) is 0. The van der Waals surface area contributed by atoms with Crippen molar-refractivity contribution < 1.29 is 5.11 Å². The smallest absolute Gasteiger partial charge is 0.110 e. The molecule has 60 valence electrons. The predicted molar refractivity (Wildman–Crippen MR) is 39.9 cm³/mol. The van der Waals surface area contributed by atoms with Gasteiger partial charge >= 0.3 is 0 Å². The number of aliphatic hydroxyl groups is 1. The highest BCUT2D eigenvalue weighted by Gasteiger charge is 2.18. The molecule has 0 spiro atoms. The minimum absolute atomic E-state index is 0.414. The second kappa shape index (κ2) is 2.32. The average molecular weight is 153 g/mol. The Morgan fingerprint density at radius 2 is 2.45 bits per heavy atom. The van der Waals surface area contributed by atoms with E-state index in [1.807, 2.05) is 6.92 Å². The quantitative estimate of drug-likeness (QED) is 0.479. The molecule has 11 heavy (non-hydrogen) atoms. The van der Waals surface area contributed by atoms with E-state index in [0.717, 1.165) is 17.9 Å². The molecule has 4 heteroatoms. The van der Waals surface area contributed by atoms with Gasteiger partial charge in [-0.25, -0.2) is 0 Å². The van der Waals surface area contributed by atoms with Crippen LogP contribution in [-0.2, 0) is 13.0 Å². The molecule has 3 N–H and O–H groups in total. The van der Waals surface area contributed by atoms with Crippen LogP contribution in [0.2, 0.25) is 0 Å². The molecular weight excluding hydrogens is 142 g/mol. The number of aromatic nitrogens is 2. The Morgan fingerprint density at radius 3 is 3.27 bits per heavy atom. The maximum absolute atomic E-state index is 9.21. The number of nitrogens with zero attached hydrogens (tertiary/aromatic N) is 1. The number of hydrogen-bond acceptors (Lipinski definition) is 3. The standard InChI is InChI=1S/C7H11N3O/c1-4-5-3-8-7(11)2-6(5)10-9-4/h7-8,11H,2-3H2,1H3,(H,9,10). The average Bonchev–Trinajstić information content (AvgIpc) is 2.32. The zero-order chi connectivity index (χ0) is 7.84. The zero-order valence-electron chi connectivity index (χ0n) is 6.39. The zero-order valence-corrected chi connectivity index (χ0v) is 6.39. The van der Waals surface area contributed by atoms with E-state index in [1.54, 1.807) is 0 Å². The number of aromatic amines is 1. The van der Waals surface area contributed by atoms with E-state index in [1.165, 1.54) is 5.56 Å². The Bertz CT molecular complexity index is 269. The molecule has 0 bridgehead atoms. The van der Waals surface area contributed by atoms with Crippen LogP contribution >= 0.6 is 0 Å². The second-order valence-corrected chi connectivity index (χ2v) is 2.87. The highest BCUT2D eigenvalue weighted by atomic mass is 16.3. The molecule has 1 aromatic heterocycles. The number of hydrogen-bond donors (Lipinski definition) is 3. The Balaban J connectivity index is 2.36. The lowest BCUT2D eigenvalue weighted by Crippen LogP contribution is -2.35. The maximum Gasteiger partial charge on any atom is 0.110 e. The molecule has 0 aliphatic carbocycles. The van der Waals surface area contributed by atoms with Crippen LogP contribution in [-0.4, -0.2) is 21.5 Å². The van der Waals surface area contributed by atoms with Crippen molar-refractivity contribution in [3.05, 3.63) is 17.0 Å². The first kappa shape index (κ1) is 6.82. The number of rotatable bonds is 0. The van der Waals surface area contributed by atoms with Crippen LogP contribution in [0.1, 0.15) is 17.0 Å². The molecule has 1 unspecified atom stereocenters. The largest absolute Gasteiger partial charge is 0.378 e. The number of H-pyrrole nitrogens is 1. The van der Waals surface area contributed by atoms with Gasteiger partial charge < -0.3 is 5.11 Å². The molecule has 1 aromatic rings. The molecule has 0 radical (unpaired) electrons. The molecule has 1 aliphatic heterocycles.